The Hall–Kier alpha value is -1.55. The molecule has 2 aromatic rings. The lowest BCUT2D eigenvalue weighted by molar-refractivity contribution is 0.0685. The molecule has 0 amide bonds. The molecule has 0 unspecified atom stereocenters. The Morgan fingerprint density at radius 1 is 1.41 bits per heavy atom. The topological polar surface area (TPSA) is 42.2 Å². The van der Waals surface area contributed by atoms with Gasteiger partial charge in [0, 0.05) is 22.8 Å². The molecule has 0 atom stereocenters. The number of carbonyl (C=O) groups is 1. The molecule has 0 bridgehead atoms. The number of aromatic nitrogens is 1. The number of hydrogen-bond donors (Lipinski definition) is 1. The predicted molar refractivity (Wildman–Crippen MR) is 70.2 cm³/mol. The first-order valence-corrected chi connectivity index (χ1v) is 6.11. The van der Waals surface area contributed by atoms with E-state index in [9.17, 15) is 4.79 Å². The molecule has 0 radical (unpaired) electrons. The van der Waals surface area contributed by atoms with Crippen LogP contribution in [0.15, 0.2) is 41.0 Å². The van der Waals surface area contributed by atoms with Gasteiger partial charge in [0.15, 0.2) is 0 Å². The highest BCUT2D eigenvalue weighted by atomic mass is 79.9. The molecule has 2 rings (SSSR count). The van der Waals surface area contributed by atoms with Gasteiger partial charge in [0.25, 0.3) is 0 Å². The molecule has 0 saturated heterocycles. The molecule has 88 valence electrons. The number of hydrogen-bond acceptors (Lipinski definition) is 1. The second kappa shape index (κ2) is 4.75. The molecule has 0 aliphatic rings. The monoisotopic (exact) mass is 293 g/mol. The average molecular weight is 294 g/mol. The van der Waals surface area contributed by atoms with Crippen molar-refractivity contribution in [2.24, 2.45) is 0 Å². The Kier molecular flexibility index (Phi) is 3.33. The molecule has 0 aliphatic carbocycles. The third kappa shape index (κ3) is 2.26. The molecule has 0 spiro atoms. The smallest absolute Gasteiger partial charge is 0.352 e. The molecule has 3 nitrogen and oxygen atoms in total. The minimum Gasteiger partial charge on any atom is -0.477 e. The molecular weight excluding hydrogens is 282 g/mol. The SMILES string of the molecule is CCn1cc(-c2ccccc2Br)cc1C(=O)O. The maximum Gasteiger partial charge on any atom is 0.352 e. The summed E-state index contributed by atoms with van der Waals surface area (Å²) in [5, 5.41) is 9.09. The van der Waals surface area contributed by atoms with Crippen molar-refractivity contribution in [3.05, 3.63) is 46.7 Å². The maximum absolute atomic E-state index is 11.1. The van der Waals surface area contributed by atoms with Crippen LogP contribution in [-0.4, -0.2) is 15.6 Å². The Morgan fingerprint density at radius 2 is 2.12 bits per heavy atom. The highest BCUT2D eigenvalue weighted by Crippen LogP contribution is 2.29. The van der Waals surface area contributed by atoms with E-state index in [0.29, 0.717) is 12.2 Å². The minimum absolute atomic E-state index is 0.318. The van der Waals surface area contributed by atoms with E-state index >= 15 is 0 Å². The van der Waals surface area contributed by atoms with E-state index < -0.39 is 5.97 Å². The zero-order chi connectivity index (χ0) is 12.4. The van der Waals surface area contributed by atoms with Gasteiger partial charge in [-0.2, -0.15) is 0 Å². The number of aromatic carboxylic acids is 1. The number of rotatable bonds is 3. The summed E-state index contributed by atoms with van der Waals surface area (Å²) in [4.78, 5) is 11.1. The molecule has 4 heteroatoms. The van der Waals surface area contributed by atoms with Crippen LogP contribution < -0.4 is 0 Å². The molecule has 0 aliphatic heterocycles. The van der Waals surface area contributed by atoms with Gasteiger partial charge in [0.2, 0.25) is 0 Å². The van der Waals surface area contributed by atoms with Gasteiger partial charge in [0.05, 0.1) is 0 Å². The quantitative estimate of drug-likeness (QED) is 0.939. The average Bonchev–Trinajstić information content (AvgIpc) is 2.73. The number of aryl methyl sites for hydroxylation is 1. The van der Waals surface area contributed by atoms with E-state index in [1.807, 2.05) is 37.4 Å². The zero-order valence-electron chi connectivity index (χ0n) is 9.35. The summed E-state index contributed by atoms with van der Waals surface area (Å²) < 4.78 is 2.70. The van der Waals surface area contributed by atoms with Crippen LogP contribution >= 0.6 is 15.9 Å². The molecule has 1 aromatic heterocycles. The number of nitrogens with zero attached hydrogens (tertiary/aromatic N) is 1. The highest BCUT2D eigenvalue weighted by molar-refractivity contribution is 9.10. The lowest BCUT2D eigenvalue weighted by Crippen LogP contribution is -2.05. The minimum atomic E-state index is -0.898. The van der Waals surface area contributed by atoms with Gasteiger partial charge in [-0.05, 0) is 24.6 Å². The molecule has 1 heterocycles. The first kappa shape index (κ1) is 11.9. The van der Waals surface area contributed by atoms with Gasteiger partial charge in [-0.25, -0.2) is 4.79 Å². The Labute approximate surface area is 108 Å². The lowest BCUT2D eigenvalue weighted by atomic mass is 10.1. The summed E-state index contributed by atoms with van der Waals surface area (Å²) in [6.07, 6.45) is 1.86. The van der Waals surface area contributed by atoms with Crippen LogP contribution in [-0.2, 0) is 6.54 Å². The Bertz CT molecular complexity index is 560. The van der Waals surface area contributed by atoms with Crippen molar-refractivity contribution in [1.29, 1.82) is 0 Å². The highest BCUT2D eigenvalue weighted by Gasteiger charge is 2.13. The van der Waals surface area contributed by atoms with Crippen LogP contribution in [0.4, 0.5) is 0 Å². The van der Waals surface area contributed by atoms with Gasteiger partial charge in [-0.1, -0.05) is 34.1 Å². The molecule has 0 fully saturated rings. The second-order valence-corrected chi connectivity index (χ2v) is 4.54. The first-order valence-electron chi connectivity index (χ1n) is 5.32. The van der Waals surface area contributed by atoms with E-state index in [4.69, 9.17) is 5.11 Å². The van der Waals surface area contributed by atoms with Gasteiger partial charge in [-0.3, -0.25) is 0 Å². The van der Waals surface area contributed by atoms with E-state index in [2.05, 4.69) is 15.9 Å². The summed E-state index contributed by atoms with van der Waals surface area (Å²) in [6.45, 7) is 2.57. The van der Waals surface area contributed by atoms with Crippen molar-refractivity contribution in [3.63, 3.8) is 0 Å². The summed E-state index contributed by atoms with van der Waals surface area (Å²) in [6, 6.07) is 9.47. The van der Waals surface area contributed by atoms with E-state index in [1.54, 1.807) is 10.6 Å². The molecule has 0 saturated carbocycles. The van der Waals surface area contributed by atoms with Crippen molar-refractivity contribution < 1.29 is 9.90 Å². The fourth-order valence-corrected chi connectivity index (χ4v) is 2.31. The third-order valence-corrected chi connectivity index (χ3v) is 3.33. The van der Waals surface area contributed by atoms with Gasteiger partial charge in [0.1, 0.15) is 5.69 Å². The van der Waals surface area contributed by atoms with Gasteiger partial charge < -0.3 is 9.67 Å². The van der Waals surface area contributed by atoms with E-state index in [-0.39, 0.29) is 0 Å². The Morgan fingerprint density at radius 3 is 2.65 bits per heavy atom. The van der Waals surface area contributed by atoms with Crippen LogP contribution in [0.3, 0.4) is 0 Å². The zero-order valence-corrected chi connectivity index (χ0v) is 10.9. The van der Waals surface area contributed by atoms with Gasteiger partial charge >= 0.3 is 5.97 Å². The summed E-state index contributed by atoms with van der Waals surface area (Å²) in [5.41, 5.74) is 2.23. The van der Waals surface area contributed by atoms with Crippen LogP contribution in [0.25, 0.3) is 11.1 Å². The summed E-state index contributed by atoms with van der Waals surface area (Å²) in [5.74, 6) is -0.898. The van der Waals surface area contributed by atoms with Crippen molar-refractivity contribution in [2.75, 3.05) is 0 Å². The fraction of sp³-hybridized carbons (Fsp3) is 0.154. The largest absolute Gasteiger partial charge is 0.477 e. The van der Waals surface area contributed by atoms with Crippen LogP contribution in [0.2, 0.25) is 0 Å². The normalized spacial score (nSPS) is 10.5. The third-order valence-electron chi connectivity index (χ3n) is 2.64. The second-order valence-electron chi connectivity index (χ2n) is 3.69. The summed E-state index contributed by atoms with van der Waals surface area (Å²) >= 11 is 3.47. The summed E-state index contributed by atoms with van der Waals surface area (Å²) in [7, 11) is 0. The fourth-order valence-electron chi connectivity index (χ4n) is 1.79. The first-order chi connectivity index (χ1) is 8.13. The number of benzene rings is 1. The van der Waals surface area contributed by atoms with Crippen molar-refractivity contribution in [1.82, 2.24) is 4.57 Å². The Balaban J connectivity index is 2.54. The molecule has 1 N–H and O–H groups in total. The van der Waals surface area contributed by atoms with E-state index in [0.717, 1.165) is 15.6 Å². The van der Waals surface area contributed by atoms with E-state index in [1.165, 1.54) is 0 Å². The van der Waals surface area contributed by atoms with Gasteiger partial charge in [-0.15, -0.1) is 0 Å². The molecule has 1 aromatic carbocycles. The van der Waals surface area contributed by atoms with Crippen LogP contribution in [0.5, 0.6) is 0 Å². The van der Waals surface area contributed by atoms with Crippen molar-refractivity contribution in [3.8, 4) is 11.1 Å². The number of halogens is 1. The number of carboxylic acids is 1. The lowest BCUT2D eigenvalue weighted by Gasteiger charge is -2.01. The molecular formula is C13H12BrNO2. The molecule has 17 heavy (non-hydrogen) atoms. The van der Waals surface area contributed by atoms with Crippen LogP contribution in [0, 0.1) is 0 Å². The van der Waals surface area contributed by atoms with Crippen LogP contribution in [0.1, 0.15) is 17.4 Å². The standard InChI is InChI=1S/C13H12BrNO2/c1-2-15-8-9(7-12(15)13(16)17)10-5-3-4-6-11(10)14/h3-8H,2H2,1H3,(H,16,17). The van der Waals surface area contributed by atoms with Crippen molar-refractivity contribution in [2.45, 2.75) is 13.5 Å². The van der Waals surface area contributed by atoms with Crippen molar-refractivity contribution >= 4 is 21.9 Å². The predicted octanol–water partition coefficient (Wildman–Crippen LogP) is 3.64. The number of carboxylic acid groups (broad SMARTS) is 1. The maximum atomic E-state index is 11.1.